The van der Waals surface area contributed by atoms with Gasteiger partial charge in [0.1, 0.15) is 18.4 Å². The van der Waals surface area contributed by atoms with Gasteiger partial charge in [-0.2, -0.15) is 0 Å². The number of alkyl carbamates (subject to hydrolysis) is 1. The van der Waals surface area contributed by atoms with E-state index in [0.29, 0.717) is 37.5 Å². The Bertz CT molecular complexity index is 1040. The van der Waals surface area contributed by atoms with Crippen LogP contribution in [0.2, 0.25) is 0 Å². The zero-order valence-corrected chi connectivity index (χ0v) is 20.1. The monoisotopic (exact) mass is 496 g/mol. The van der Waals surface area contributed by atoms with Crippen LogP contribution in [0.15, 0.2) is 59.6 Å². The van der Waals surface area contributed by atoms with Gasteiger partial charge in [-0.05, 0) is 48.9 Å². The Labute approximate surface area is 210 Å². The van der Waals surface area contributed by atoms with Gasteiger partial charge in [-0.3, -0.25) is 15.1 Å². The first-order valence-electron chi connectivity index (χ1n) is 12.0. The number of rotatable bonds is 12. The third-order valence-corrected chi connectivity index (χ3v) is 5.40. The second-order valence-electron chi connectivity index (χ2n) is 8.29. The maximum atomic E-state index is 12.1. The predicted octanol–water partition coefficient (Wildman–Crippen LogP) is 2.62. The quantitative estimate of drug-likeness (QED) is 0.331. The van der Waals surface area contributed by atoms with Crippen LogP contribution in [0.1, 0.15) is 36.8 Å². The molecule has 0 saturated heterocycles. The largest absolute Gasteiger partial charge is 0.494 e. The van der Waals surface area contributed by atoms with Crippen LogP contribution in [0.5, 0.6) is 5.75 Å². The number of carboxylic acids is 1. The van der Waals surface area contributed by atoms with Gasteiger partial charge in [0.15, 0.2) is 5.96 Å². The molecule has 36 heavy (non-hydrogen) atoms. The lowest BCUT2D eigenvalue weighted by Gasteiger charge is -2.15. The van der Waals surface area contributed by atoms with Crippen molar-refractivity contribution in [3.63, 3.8) is 0 Å². The van der Waals surface area contributed by atoms with Crippen molar-refractivity contribution in [2.24, 2.45) is 4.99 Å². The van der Waals surface area contributed by atoms with Crippen molar-refractivity contribution in [1.29, 1.82) is 0 Å². The van der Waals surface area contributed by atoms with Gasteiger partial charge in [0.2, 0.25) is 5.91 Å². The number of nitrogens with one attached hydrogen (secondary N) is 3. The number of aliphatic imine (C=N–C) groups is 1. The molecule has 0 fully saturated rings. The van der Waals surface area contributed by atoms with Crippen LogP contribution in [0.4, 0.5) is 4.79 Å². The Hall–Kier alpha value is -4.08. The molecule has 1 aliphatic rings. The van der Waals surface area contributed by atoms with Crippen molar-refractivity contribution in [1.82, 2.24) is 16.0 Å². The molecule has 1 atom stereocenters. The molecule has 0 saturated carbocycles. The van der Waals surface area contributed by atoms with Crippen LogP contribution in [0.25, 0.3) is 0 Å². The van der Waals surface area contributed by atoms with Crippen LogP contribution in [-0.2, 0) is 27.4 Å². The average Bonchev–Trinajstić information content (AvgIpc) is 2.89. The summed E-state index contributed by atoms with van der Waals surface area (Å²) in [7, 11) is 0. The number of ether oxygens (including phenoxy) is 2. The van der Waals surface area contributed by atoms with Gasteiger partial charge in [0.05, 0.1) is 6.61 Å². The summed E-state index contributed by atoms with van der Waals surface area (Å²) in [4.78, 5) is 39.9. The van der Waals surface area contributed by atoms with Crippen LogP contribution >= 0.6 is 0 Å². The molecule has 1 heterocycles. The van der Waals surface area contributed by atoms with E-state index in [4.69, 9.17) is 9.47 Å². The van der Waals surface area contributed by atoms with Crippen LogP contribution in [-0.4, -0.2) is 54.8 Å². The van der Waals surface area contributed by atoms with Crippen molar-refractivity contribution >= 4 is 23.9 Å². The summed E-state index contributed by atoms with van der Waals surface area (Å²) < 4.78 is 10.8. The molecule has 10 heteroatoms. The van der Waals surface area contributed by atoms with Gasteiger partial charge in [0, 0.05) is 19.5 Å². The number of benzene rings is 2. The first kappa shape index (κ1) is 26.5. The molecule has 3 rings (SSSR count). The summed E-state index contributed by atoms with van der Waals surface area (Å²) in [6.45, 7) is 1.86. The Morgan fingerprint density at radius 2 is 1.89 bits per heavy atom. The molecule has 10 nitrogen and oxygen atoms in total. The van der Waals surface area contributed by atoms with E-state index in [1.165, 1.54) is 0 Å². The van der Waals surface area contributed by atoms with Gasteiger partial charge < -0.3 is 25.2 Å². The maximum Gasteiger partial charge on any atom is 0.408 e. The Balaban J connectivity index is 1.36. The second-order valence-corrected chi connectivity index (χ2v) is 8.29. The second kappa shape index (κ2) is 14.3. The standard InChI is InChI=1S/C26H32N4O6/c31-23(30-25-27-14-6-15-28-25)13-12-19-9-4-10-21(17-19)35-16-5-11-22(24(32)33)29-26(34)36-18-20-7-2-1-3-8-20/h1-4,7-10,17,22H,5-6,11-16,18H2,(H,29,34)(H,32,33)(H2,27,28,30,31). The first-order valence-corrected chi connectivity index (χ1v) is 12.0. The number of amides is 2. The predicted molar refractivity (Wildman–Crippen MR) is 134 cm³/mol. The molecule has 0 radical (unpaired) electrons. The summed E-state index contributed by atoms with van der Waals surface area (Å²) in [6, 6.07) is 15.5. The number of aliphatic carboxylic acids is 1. The number of carbonyl (C=O) groups is 3. The summed E-state index contributed by atoms with van der Waals surface area (Å²) in [6.07, 6.45) is 1.64. The number of hydrogen-bond acceptors (Lipinski definition) is 7. The van der Waals surface area contributed by atoms with E-state index in [2.05, 4.69) is 20.9 Å². The smallest absolute Gasteiger partial charge is 0.408 e. The van der Waals surface area contributed by atoms with E-state index in [-0.39, 0.29) is 25.5 Å². The summed E-state index contributed by atoms with van der Waals surface area (Å²) in [5.74, 6) is -0.0828. The van der Waals surface area contributed by atoms with Crippen LogP contribution < -0.4 is 20.7 Å². The van der Waals surface area contributed by atoms with Gasteiger partial charge in [-0.1, -0.05) is 42.5 Å². The normalized spacial score (nSPS) is 13.5. The van der Waals surface area contributed by atoms with E-state index < -0.39 is 18.1 Å². The van der Waals surface area contributed by atoms with Gasteiger partial charge in [0.25, 0.3) is 0 Å². The summed E-state index contributed by atoms with van der Waals surface area (Å²) in [5.41, 5.74) is 1.76. The molecule has 1 unspecified atom stereocenters. The fourth-order valence-corrected chi connectivity index (χ4v) is 3.50. The number of aryl methyl sites for hydroxylation is 1. The number of carbonyl (C=O) groups excluding carboxylic acids is 2. The zero-order chi connectivity index (χ0) is 25.6. The molecule has 1 aliphatic heterocycles. The minimum atomic E-state index is -1.14. The molecule has 0 bridgehead atoms. The minimum absolute atomic E-state index is 0.0613. The third-order valence-electron chi connectivity index (χ3n) is 5.40. The molecule has 2 aromatic carbocycles. The Morgan fingerprint density at radius 1 is 1.08 bits per heavy atom. The van der Waals surface area contributed by atoms with Crippen LogP contribution in [0, 0.1) is 0 Å². The summed E-state index contributed by atoms with van der Waals surface area (Å²) >= 11 is 0. The fourth-order valence-electron chi connectivity index (χ4n) is 3.50. The maximum absolute atomic E-state index is 12.1. The molecule has 192 valence electrons. The number of guanidine groups is 1. The van der Waals surface area contributed by atoms with Gasteiger partial charge in [-0.25, -0.2) is 9.59 Å². The van der Waals surface area contributed by atoms with Crippen molar-refractivity contribution in [3.05, 3.63) is 65.7 Å². The van der Waals surface area contributed by atoms with E-state index in [1.54, 1.807) is 6.07 Å². The molecule has 2 amide bonds. The SMILES string of the molecule is O=C(CCc1cccc(OCCCC(NC(=O)OCc2ccccc2)C(=O)O)c1)NC1=NCCCN1. The van der Waals surface area contributed by atoms with Crippen molar-refractivity contribution < 1.29 is 29.0 Å². The summed E-state index contributed by atoms with van der Waals surface area (Å²) in [5, 5.41) is 17.6. The topological polar surface area (TPSA) is 138 Å². The van der Waals surface area contributed by atoms with Gasteiger partial charge in [-0.15, -0.1) is 0 Å². The van der Waals surface area contributed by atoms with Crippen LogP contribution in [0.3, 0.4) is 0 Å². The average molecular weight is 497 g/mol. The third kappa shape index (κ3) is 9.65. The van der Waals surface area contributed by atoms with E-state index in [1.807, 2.05) is 48.5 Å². The van der Waals surface area contributed by atoms with E-state index >= 15 is 0 Å². The number of hydrogen-bond donors (Lipinski definition) is 4. The molecule has 0 aliphatic carbocycles. The minimum Gasteiger partial charge on any atom is -0.494 e. The molecule has 4 N–H and O–H groups in total. The molecule has 0 spiro atoms. The molecular weight excluding hydrogens is 464 g/mol. The Morgan fingerprint density at radius 3 is 2.64 bits per heavy atom. The zero-order valence-electron chi connectivity index (χ0n) is 20.1. The van der Waals surface area contributed by atoms with E-state index in [0.717, 1.165) is 24.1 Å². The molecular formula is C26H32N4O6. The number of carboxylic acid groups (broad SMARTS) is 1. The molecule has 2 aromatic rings. The number of nitrogens with zero attached hydrogens (tertiary/aromatic N) is 1. The highest BCUT2D eigenvalue weighted by atomic mass is 16.5. The highest BCUT2D eigenvalue weighted by Gasteiger charge is 2.20. The lowest BCUT2D eigenvalue weighted by Crippen LogP contribution is -2.43. The fraction of sp³-hybridized carbons (Fsp3) is 0.385. The Kier molecular flexibility index (Phi) is 10.6. The first-order chi connectivity index (χ1) is 17.5. The van der Waals surface area contributed by atoms with E-state index in [9.17, 15) is 19.5 Å². The molecule has 0 aromatic heterocycles. The highest BCUT2D eigenvalue weighted by Crippen LogP contribution is 2.15. The van der Waals surface area contributed by atoms with Gasteiger partial charge >= 0.3 is 12.1 Å². The lowest BCUT2D eigenvalue weighted by atomic mass is 10.1. The lowest BCUT2D eigenvalue weighted by molar-refractivity contribution is -0.139. The van der Waals surface area contributed by atoms with Crippen molar-refractivity contribution in [3.8, 4) is 5.75 Å². The van der Waals surface area contributed by atoms with Crippen molar-refractivity contribution in [2.45, 2.75) is 44.8 Å². The van der Waals surface area contributed by atoms with Crippen molar-refractivity contribution in [2.75, 3.05) is 19.7 Å². The highest BCUT2D eigenvalue weighted by molar-refractivity contribution is 5.97.